The molecule has 1 aliphatic heterocycles. The molecule has 0 unspecified atom stereocenters. The third-order valence-corrected chi connectivity index (χ3v) is 5.40. The van der Waals surface area contributed by atoms with Crippen LogP contribution >= 0.6 is 0 Å². The first-order valence-electron chi connectivity index (χ1n) is 9.58. The van der Waals surface area contributed by atoms with E-state index in [1.807, 2.05) is 24.3 Å². The molecule has 0 saturated carbocycles. The molecule has 1 fully saturated rings. The lowest BCUT2D eigenvalue weighted by molar-refractivity contribution is 0.0927. The fourth-order valence-corrected chi connectivity index (χ4v) is 3.66. The molecular weight excluding hydrogens is 338 g/mol. The van der Waals surface area contributed by atoms with Crippen molar-refractivity contribution < 1.29 is 9.53 Å². The minimum Gasteiger partial charge on any atom is -0.492 e. The number of benzene rings is 2. The standard InChI is InChI=1S/C22H29N3O2/c1-25-13-10-22(11-14-25,19-7-3-2-4-8-19)17-24-21(26)18-6-5-9-20(16-18)27-15-12-23/h2-9,16H,10-15,17,23H2,1H3,(H,24,26). The summed E-state index contributed by atoms with van der Waals surface area (Å²) in [7, 11) is 2.15. The topological polar surface area (TPSA) is 67.6 Å². The Morgan fingerprint density at radius 3 is 2.59 bits per heavy atom. The van der Waals surface area contributed by atoms with Crippen molar-refractivity contribution in [1.29, 1.82) is 0 Å². The largest absolute Gasteiger partial charge is 0.492 e. The van der Waals surface area contributed by atoms with Crippen molar-refractivity contribution in [3.63, 3.8) is 0 Å². The fourth-order valence-electron chi connectivity index (χ4n) is 3.66. The van der Waals surface area contributed by atoms with Crippen molar-refractivity contribution >= 4 is 5.91 Å². The molecule has 0 radical (unpaired) electrons. The van der Waals surface area contributed by atoms with Crippen LogP contribution in [0, 0.1) is 0 Å². The monoisotopic (exact) mass is 367 g/mol. The Kier molecular flexibility index (Phi) is 6.48. The van der Waals surface area contributed by atoms with Gasteiger partial charge in [0.25, 0.3) is 5.91 Å². The van der Waals surface area contributed by atoms with Gasteiger partial charge in [-0.15, -0.1) is 0 Å². The van der Waals surface area contributed by atoms with Gasteiger partial charge in [-0.25, -0.2) is 0 Å². The number of piperidine rings is 1. The van der Waals surface area contributed by atoms with E-state index < -0.39 is 0 Å². The van der Waals surface area contributed by atoms with Crippen molar-refractivity contribution in [2.75, 3.05) is 39.8 Å². The molecule has 5 heteroatoms. The Morgan fingerprint density at radius 1 is 1.15 bits per heavy atom. The van der Waals surface area contributed by atoms with Gasteiger partial charge in [0.2, 0.25) is 0 Å². The van der Waals surface area contributed by atoms with Crippen molar-refractivity contribution in [2.45, 2.75) is 18.3 Å². The molecular formula is C22H29N3O2. The summed E-state index contributed by atoms with van der Waals surface area (Å²) in [5, 5.41) is 3.17. The maximum atomic E-state index is 12.7. The van der Waals surface area contributed by atoms with Gasteiger partial charge in [0, 0.05) is 24.1 Å². The Balaban J connectivity index is 1.71. The molecule has 2 aromatic carbocycles. The molecule has 0 bridgehead atoms. The van der Waals surface area contributed by atoms with Crippen molar-refractivity contribution in [1.82, 2.24) is 10.2 Å². The van der Waals surface area contributed by atoms with Gasteiger partial charge in [-0.1, -0.05) is 36.4 Å². The highest BCUT2D eigenvalue weighted by atomic mass is 16.5. The van der Waals surface area contributed by atoms with Crippen LogP contribution in [0.15, 0.2) is 54.6 Å². The molecule has 2 aromatic rings. The van der Waals surface area contributed by atoms with E-state index in [0.29, 0.717) is 31.0 Å². The van der Waals surface area contributed by atoms with Gasteiger partial charge in [-0.05, 0) is 56.7 Å². The van der Waals surface area contributed by atoms with Crippen LogP contribution in [0.3, 0.4) is 0 Å². The van der Waals surface area contributed by atoms with Crippen molar-refractivity contribution in [3.8, 4) is 5.75 Å². The molecule has 3 N–H and O–H groups in total. The zero-order valence-corrected chi connectivity index (χ0v) is 16.0. The average molecular weight is 367 g/mol. The lowest BCUT2D eigenvalue weighted by Gasteiger charge is -2.41. The van der Waals surface area contributed by atoms with E-state index >= 15 is 0 Å². The first kappa shape index (κ1) is 19.4. The molecule has 1 amide bonds. The summed E-state index contributed by atoms with van der Waals surface area (Å²) in [6, 6.07) is 17.8. The SMILES string of the molecule is CN1CCC(CNC(=O)c2cccc(OCCN)c2)(c2ccccc2)CC1. The van der Waals surface area contributed by atoms with Crippen LogP contribution < -0.4 is 15.8 Å². The number of carbonyl (C=O) groups is 1. The predicted octanol–water partition coefficient (Wildman–Crippen LogP) is 2.42. The van der Waals surface area contributed by atoms with Gasteiger partial charge < -0.3 is 20.7 Å². The number of carbonyl (C=O) groups excluding carboxylic acids is 1. The van der Waals surface area contributed by atoms with E-state index in [1.54, 1.807) is 6.07 Å². The van der Waals surface area contributed by atoms with Crippen molar-refractivity contribution in [3.05, 3.63) is 65.7 Å². The maximum Gasteiger partial charge on any atom is 0.251 e. The maximum absolute atomic E-state index is 12.7. The zero-order chi connectivity index (χ0) is 19.1. The second-order valence-corrected chi connectivity index (χ2v) is 7.30. The van der Waals surface area contributed by atoms with E-state index in [4.69, 9.17) is 10.5 Å². The highest BCUT2D eigenvalue weighted by molar-refractivity contribution is 5.94. The van der Waals surface area contributed by atoms with Crippen LogP contribution in [0.25, 0.3) is 0 Å². The van der Waals surface area contributed by atoms with Crippen LogP contribution in [-0.2, 0) is 5.41 Å². The molecule has 0 aliphatic carbocycles. The van der Waals surface area contributed by atoms with E-state index in [-0.39, 0.29) is 11.3 Å². The summed E-state index contributed by atoms with van der Waals surface area (Å²) in [5.41, 5.74) is 7.38. The lowest BCUT2D eigenvalue weighted by Crippen LogP contribution is -2.48. The van der Waals surface area contributed by atoms with Crippen LogP contribution in [0.1, 0.15) is 28.8 Å². The Bertz CT molecular complexity index is 740. The lowest BCUT2D eigenvalue weighted by atomic mass is 9.72. The number of likely N-dealkylation sites (tertiary alicyclic amines) is 1. The molecule has 3 rings (SSSR count). The number of nitrogens with two attached hydrogens (primary N) is 1. The summed E-state index contributed by atoms with van der Waals surface area (Å²) in [5.74, 6) is 0.604. The van der Waals surface area contributed by atoms with Crippen LogP contribution in [0.2, 0.25) is 0 Å². The Hall–Kier alpha value is -2.37. The highest BCUT2D eigenvalue weighted by Crippen LogP contribution is 2.34. The van der Waals surface area contributed by atoms with Gasteiger partial charge >= 0.3 is 0 Å². The van der Waals surface area contributed by atoms with E-state index in [1.165, 1.54) is 5.56 Å². The number of ether oxygens (including phenoxy) is 1. The third kappa shape index (κ3) is 4.87. The minimum absolute atomic E-state index is 0.0168. The Morgan fingerprint density at radius 2 is 1.89 bits per heavy atom. The fraction of sp³-hybridized carbons (Fsp3) is 0.409. The Labute approximate surface area is 161 Å². The van der Waals surface area contributed by atoms with E-state index in [2.05, 4.69) is 41.5 Å². The number of hydrogen-bond donors (Lipinski definition) is 2. The van der Waals surface area contributed by atoms with Gasteiger partial charge in [-0.3, -0.25) is 4.79 Å². The molecule has 1 heterocycles. The van der Waals surface area contributed by atoms with Gasteiger partial charge in [0.1, 0.15) is 12.4 Å². The van der Waals surface area contributed by atoms with Gasteiger partial charge in [0.05, 0.1) is 0 Å². The van der Waals surface area contributed by atoms with Crippen LogP contribution in [0.5, 0.6) is 5.75 Å². The smallest absolute Gasteiger partial charge is 0.251 e. The van der Waals surface area contributed by atoms with E-state index in [9.17, 15) is 4.79 Å². The number of nitrogens with zero attached hydrogens (tertiary/aromatic N) is 1. The zero-order valence-electron chi connectivity index (χ0n) is 16.0. The number of amides is 1. The summed E-state index contributed by atoms with van der Waals surface area (Å²) < 4.78 is 5.53. The average Bonchev–Trinajstić information content (AvgIpc) is 2.73. The molecule has 27 heavy (non-hydrogen) atoms. The van der Waals surface area contributed by atoms with E-state index in [0.717, 1.165) is 25.9 Å². The molecule has 144 valence electrons. The molecule has 1 saturated heterocycles. The molecule has 5 nitrogen and oxygen atoms in total. The molecule has 1 aliphatic rings. The van der Waals surface area contributed by atoms with Crippen molar-refractivity contribution in [2.24, 2.45) is 5.73 Å². The first-order valence-corrected chi connectivity index (χ1v) is 9.58. The minimum atomic E-state index is -0.0672. The second-order valence-electron chi connectivity index (χ2n) is 7.30. The first-order chi connectivity index (χ1) is 13.1. The van der Waals surface area contributed by atoms with Gasteiger partial charge in [0.15, 0.2) is 0 Å². The molecule has 0 spiro atoms. The number of rotatable bonds is 7. The predicted molar refractivity (Wildman–Crippen MR) is 108 cm³/mol. The van der Waals surface area contributed by atoms with Gasteiger partial charge in [-0.2, -0.15) is 0 Å². The highest BCUT2D eigenvalue weighted by Gasteiger charge is 2.35. The summed E-state index contributed by atoms with van der Waals surface area (Å²) in [6.45, 7) is 3.60. The van der Waals surface area contributed by atoms with Crippen LogP contribution in [-0.4, -0.2) is 50.6 Å². The quantitative estimate of drug-likeness (QED) is 0.789. The normalized spacial score (nSPS) is 16.7. The third-order valence-electron chi connectivity index (χ3n) is 5.40. The molecule has 0 aromatic heterocycles. The number of nitrogens with one attached hydrogen (secondary N) is 1. The number of hydrogen-bond acceptors (Lipinski definition) is 4. The summed E-state index contributed by atoms with van der Waals surface area (Å²) in [6.07, 6.45) is 2.07. The van der Waals surface area contributed by atoms with Crippen LogP contribution in [0.4, 0.5) is 0 Å². The summed E-state index contributed by atoms with van der Waals surface area (Å²) in [4.78, 5) is 15.1. The second kappa shape index (κ2) is 9.02. The summed E-state index contributed by atoms with van der Waals surface area (Å²) >= 11 is 0. The molecule has 0 atom stereocenters.